The van der Waals surface area contributed by atoms with Gasteiger partial charge in [-0.3, -0.25) is 0 Å². The number of aromatic nitrogens is 3. The van der Waals surface area contributed by atoms with Crippen LogP contribution >= 0.6 is 11.3 Å². The Kier molecular flexibility index (Phi) is 4.18. The molecular formula is C21H19N5S. The van der Waals surface area contributed by atoms with Crippen LogP contribution in [0.25, 0.3) is 22.0 Å². The van der Waals surface area contributed by atoms with Crippen LogP contribution in [0.4, 0.5) is 11.8 Å². The van der Waals surface area contributed by atoms with E-state index in [2.05, 4.69) is 66.9 Å². The average molecular weight is 373 g/mol. The number of hydrogen-bond donors (Lipinski definition) is 0. The van der Waals surface area contributed by atoms with E-state index >= 15 is 0 Å². The summed E-state index contributed by atoms with van der Waals surface area (Å²) in [6, 6.07) is 14.7. The minimum absolute atomic E-state index is 0.809. The van der Waals surface area contributed by atoms with E-state index in [9.17, 15) is 0 Å². The van der Waals surface area contributed by atoms with Crippen molar-refractivity contribution in [2.45, 2.75) is 0 Å². The molecule has 5 rings (SSSR count). The third-order valence-electron chi connectivity index (χ3n) is 4.98. The fourth-order valence-corrected chi connectivity index (χ4v) is 4.21. The maximum absolute atomic E-state index is 5.03. The standard InChI is InChI=1S/C21H19N5S/c1-3-16-5-6-19(24-20(16)18(4-1)17-7-14-27-15-17)25-10-12-26(13-11-25)21-22-8-2-9-23-21/h1-9,14-15H,10-13H2. The van der Waals surface area contributed by atoms with Crippen LogP contribution in [0, 0.1) is 0 Å². The van der Waals surface area contributed by atoms with Crippen LogP contribution in [0.15, 0.2) is 65.6 Å². The Balaban J connectivity index is 1.42. The molecule has 0 spiro atoms. The van der Waals surface area contributed by atoms with Crippen molar-refractivity contribution in [3.05, 3.63) is 65.6 Å². The predicted octanol–water partition coefficient (Wildman–Crippen LogP) is 4.08. The Morgan fingerprint density at radius 2 is 1.63 bits per heavy atom. The van der Waals surface area contributed by atoms with Crippen molar-refractivity contribution in [1.29, 1.82) is 0 Å². The molecule has 5 nitrogen and oxygen atoms in total. The van der Waals surface area contributed by atoms with Gasteiger partial charge in [0.15, 0.2) is 0 Å². The lowest BCUT2D eigenvalue weighted by atomic mass is 10.0. The van der Waals surface area contributed by atoms with Gasteiger partial charge in [0.05, 0.1) is 5.52 Å². The van der Waals surface area contributed by atoms with E-state index in [1.54, 1.807) is 23.7 Å². The topological polar surface area (TPSA) is 45.2 Å². The zero-order valence-electron chi connectivity index (χ0n) is 14.8. The number of piperazine rings is 1. The van der Waals surface area contributed by atoms with Gasteiger partial charge in [0.25, 0.3) is 0 Å². The number of hydrogen-bond acceptors (Lipinski definition) is 6. The summed E-state index contributed by atoms with van der Waals surface area (Å²) >= 11 is 1.72. The molecule has 4 aromatic rings. The molecule has 0 aliphatic carbocycles. The Morgan fingerprint density at radius 1 is 0.815 bits per heavy atom. The molecule has 4 heterocycles. The van der Waals surface area contributed by atoms with Gasteiger partial charge in [-0.05, 0) is 40.6 Å². The van der Waals surface area contributed by atoms with E-state index in [1.165, 1.54) is 16.5 Å². The lowest BCUT2D eigenvalue weighted by Crippen LogP contribution is -2.47. The molecule has 0 N–H and O–H groups in total. The fourth-order valence-electron chi connectivity index (χ4n) is 3.55. The molecular weight excluding hydrogens is 354 g/mol. The zero-order chi connectivity index (χ0) is 18.1. The lowest BCUT2D eigenvalue weighted by molar-refractivity contribution is 0.635. The number of anilines is 2. The number of fused-ring (bicyclic) bond motifs is 1. The predicted molar refractivity (Wildman–Crippen MR) is 112 cm³/mol. The van der Waals surface area contributed by atoms with Crippen molar-refractivity contribution in [3.63, 3.8) is 0 Å². The lowest BCUT2D eigenvalue weighted by Gasteiger charge is -2.35. The van der Waals surface area contributed by atoms with Crippen molar-refractivity contribution in [1.82, 2.24) is 15.0 Å². The molecule has 0 radical (unpaired) electrons. The van der Waals surface area contributed by atoms with Gasteiger partial charge in [0.1, 0.15) is 5.82 Å². The maximum atomic E-state index is 5.03. The van der Waals surface area contributed by atoms with Crippen LogP contribution in [0.5, 0.6) is 0 Å². The summed E-state index contributed by atoms with van der Waals surface area (Å²) in [5, 5.41) is 5.48. The Labute approximate surface area is 162 Å². The molecule has 27 heavy (non-hydrogen) atoms. The molecule has 1 aliphatic rings. The molecule has 0 bridgehead atoms. The van der Waals surface area contributed by atoms with Gasteiger partial charge in [-0.25, -0.2) is 15.0 Å². The number of para-hydroxylation sites is 1. The van der Waals surface area contributed by atoms with Gasteiger partial charge in [0.2, 0.25) is 5.95 Å². The summed E-state index contributed by atoms with van der Waals surface area (Å²) in [6.45, 7) is 3.63. The Bertz CT molecular complexity index is 1040. The van der Waals surface area contributed by atoms with Crippen LogP contribution in [0.2, 0.25) is 0 Å². The highest BCUT2D eigenvalue weighted by molar-refractivity contribution is 7.08. The van der Waals surface area contributed by atoms with Crippen LogP contribution in [-0.2, 0) is 0 Å². The molecule has 1 saturated heterocycles. The fraction of sp³-hybridized carbons (Fsp3) is 0.190. The Hall–Kier alpha value is -2.99. The number of thiophene rings is 1. The SMILES string of the molecule is c1cnc(N2CCN(c3ccc4cccc(-c5ccsc5)c4n3)CC2)nc1. The van der Waals surface area contributed by atoms with E-state index < -0.39 is 0 Å². The van der Waals surface area contributed by atoms with Crippen molar-refractivity contribution in [2.75, 3.05) is 36.0 Å². The quantitative estimate of drug-likeness (QED) is 0.541. The van der Waals surface area contributed by atoms with Crippen LogP contribution in [0.3, 0.4) is 0 Å². The molecule has 1 aromatic carbocycles. The van der Waals surface area contributed by atoms with E-state index in [4.69, 9.17) is 4.98 Å². The minimum atomic E-state index is 0.809. The summed E-state index contributed by atoms with van der Waals surface area (Å²) in [4.78, 5) is 18.3. The summed E-state index contributed by atoms with van der Waals surface area (Å²) in [5.74, 6) is 1.85. The Morgan fingerprint density at radius 3 is 2.41 bits per heavy atom. The van der Waals surface area contributed by atoms with Gasteiger partial charge in [-0.1, -0.05) is 18.2 Å². The molecule has 1 fully saturated rings. The number of pyridine rings is 1. The van der Waals surface area contributed by atoms with E-state index in [-0.39, 0.29) is 0 Å². The number of rotatable bonds is 3. The normalized spacial score (nSPS) is 14.7. The summed E-state index contributed by atoms with van der Waals surface area (Å²) in [7, 11) is 0. The molecule has 134 valence electrons. The first-order valence-corrected chi connectivity index (χ1v) is 10.0. The van der Waals surface area contributed by atoms with E-state index in [1.807, 2.05) is 6.07 Å². The summed E-state index contributed by atoms with van der Waals surface area (Å²) in [5.41, 5.74) is 3.51. The smallest absolute Gasteiger partial charge is 0.225 e. The molecule has 0 amide bonds. The second-order valence-corrected chi connectivity index (χ2v) is 7.36. The second kappa shape index (κ2) is 6.96. The molecule has 3 aromatic heterocycles. The van der Waals surface area contributed by atoms with Crippen molar-refractivity contribution in [3.8, 4) is 11.1 Å². The zero-order valence-corrected chi connectivity index (χ0v) is 15.6. The maximum Gasteiger partial charge on any atom is 0.225 e. The minimum Gasteiger partial charge on any atom is -0.353 e. The van der Waals surface area contributed by atoms with Gasteiger partial charge in [-0.15, -0.1) is 0 Å². The third-order valence-corrected chi connectivity index (χ3v) is 5.66. The first kappa shape index (κ1) is 16.2. The van der Waals surface area contributed by atoms with Gasteiger partial charge < -0.3 is 9.80 Å². The molecule has 0 atom stereocenters. The molecule has 6 heteroatoms. The van der Waals surface area contributed by atoms with Crippen molar-refractivity contribution < 1.29 is 0 Å². The first-order valence-electron chi connectivity index (χ1n) is 9.08. The van der Waals surface area contributed by atoms with Crippen LogP contribution < -0.4 is 9.80 Å². The molecule has 0 unspecified atom stereocenters. The average Bonchev–Trinajstić information content (AvgIpc) is 3.28. The van der Waals surface area contributed by atoms with Crippen molar-refractivity contribution in [2.24, 2.45) is 0 Å². The van der Waals surface area contributed by atoms with Gasteiger partial charge >= 0.3 is 0 Å². The summed E-state index contributed by atoms with van der Waals surface area (Å²) in [6.07, 6.45) is 3.59. The number of nitrogens with zero attached hydrogens (tertiary/aromatic N) is 5. The van der Waals surface area contributed by atoms with E-state index in [0.29, 0.717) is 0 Å². The largest absolute Gasteiger partial charge is 0.353 e. The second-order valence-electron chi connectivity index (χ2n) is 6.58. The first-order chi connectivity index (χ1) is 13.4. The third kappa shape index (κ3) is 3.13. The highest BCUT2D eigenvalue weighted by atomic mass is 32.1. The van der Waals surface area contributed by atoms with Crippen molar-refractivity contribution >= 4 is 34.0 Å². The molecule has 0 saturated carbocycles. The van der Waals surface area contributed by atoms with E-state index in [0.717, 1.165) is 43.5 Å². The van der Waals surface area contributed by atoms with Gasteiger partial charge in [-0.2, -0.15) is 11.3 Å². The monoisotopic (exact) mass is 373 g/mol. The molecule has 1 aliphatic heterocycles. The van der Waals surface area contributed by atoms with Crippen LogP contribution in [0.1, 0.15) is 0 Å². The number of benzene rings is 1. The highest BCUT2D eigenvalue weighted by Gasteiger charge is 2.20. The van der Waals surface area contributed by atoms with Crippen LogP contribution in [-0.4, -0.2) is 41.1 Å². The highest BCUT2D eigenvalue weighted by Crippen LogP contribution is 2.30. The summed E-state index contributed by atoms with van der Waals surface area (Å²) < 4.78 is 0. The van der Waals surface area contributed by atoms with Gasteiger partial charge in [0, 0.05) is 49.5 Å².